The van der Waals surface area contributed by atoms with Crippen LogP contribution in [0.2, 0.25) is 5.02 Å². The molecule has 2 aromatic rings. The molecule has 0 aliphatic heterocycles. The summed E-state index contributed by atoms with van der Waals surface area (Å²) in [7, 11) is 0. The number of aliphatic hydroxyl groups excluding tert-OH is 1. The van der Waals surface area contributed by atoms with E-state index in [0.717, 1.165) is 11.1 Å². The molecule has 0 saturated carbocycles. The number of ether oxygens (including phenoxy) is 1. The molecule has 1 N–H and O–H groups in total. The lowest BCUT2D eigenvalue weighted by Crippen LogP contribution is -1.99. The molecule has 6 heteroatoms. The second-order valence-electron chi connectivity index (χ2n) is 4.13. The van der Waals surface area contributed by atoms with Gasteiger partial charge in [-0.25, -0.2) is 0 Å². The predicted molar refractivity (Wildman–Crippen MR) is 74.8 cm³/mol. The second-order valence-corrected chi connectivity index (χ2v) is 4.57. The van der Waals surface area contributed by atoms with Crippen LogP contribution in [-0.2, 0) is 13.2 Å². The Balaban J connectivity index is 2.12. The molecule has 0 unspecified atom stereocenters. The first kappa shape index (κ1) is 14.3. The van der Waals surface area contributed by atoms with Crippen LogP contribution in [0.4, 0.5) is 5.69 Å². The first-order chi connectivity index (χ1) is 9.60. The summed E-state index contributed by atoms with van der Waals surface area (Å²) in [6.45, 7) is 0.179. The number of hydrogen-bond donors (Lipinski definition) is 1. The van der Waals surface area contributed by atoms with Gasteiger partial charge >= 0.3 is 5.69 Å². The van der Waals surface area contributed by atoms with Gasteiger partial charge < -0.3 is 9.84 Å². The summed E-state index contributed by atoms with van der Waals surface area (Å²) < 4.78 is 5.45. The fraction of sp³-hybridized carbons (Fsp3) is 0.143. The van der Waals surface area contributed by atoms with Gasteiger partial charge in [-0.1, -0.05) is 35.9 Å². The van der Waals surface area contributed by atoms with Gasteiger partial charge in [-0.05, 0) is 23.3 Å². The van der Waals surface area contributed by atoms with Crippen LogP contribution in [0.1, 0.15) is 11.1 Å². The van der Waals surface area contributed by atoms with Crippen LogP contribution in [0.5, 0.6) is 5.75 Å². The summed E-state index contributed by atoms with van der Waals surface area (Å²) in [5, 5.41) is 20.1. The molecule has 0 aromatic heterocycles. The monoisotopic (exact) mass is 293 g/mol. The van der Waals surface area contributed by atoms with E-state index in [1.165, 1.54) is 12.1 Å². The molecule has 0 bridgehead atoms. The number of nitro benzene ring substituents is 1. The van der Waals surface area contributed by atoms with Crippen molar-refractivity contribution in [1.82, 2.24) is 0 Å². The van der Waals surface area contributed by atoms with Crippen LogP contribution in [0.25, 0.3) is 0 Å². The fourth-order valence-corrected chi connectivity index (χ4v) is 1.82. The quantitative estimate of drug-likeness (QED) is 0.678. The fourth-order valence-electron chi connectivity index (χ4n) is 1.66. The van der Waals surface area contributed by atoms with Crippen LogP contribution >= 0.6 is 11.6 Å². The molecule has 0 spiro atoms. The maximum atomic E-state index is 10.9. The molecule has 0 aliphatic carbocycles. The maximum absolute atomic E-state index is 10.9. The summed E-state index contributed by atoms with van der Waals surface area (Å²) in [6.07, 6.45) is 0. The van der Waals surface area contributed by atoms with Crippen molar-refractivity contribution in [1.29, 1.82) is 0 Å². The zero-order chi connectivity index (χ0) is 14.5. The third-order valence-electron chi connectivity index (χ3n) is 2.72. The highest BCUT2D eigenvalue weighted by molar-refractivity contribution is 6.30. The third kappa shape index (κ3) is 3.46. The van der Waals surface area contributed by atoms with E-state index >= 15 is 0 Å². The molecule has 20 heavy (non-hydrogen) atoms. The van der Waals surface area contributed by atoms with Gasteiger partial charge in [0.25, 0.3) is 0 Å². The highest BCUT2D eigenvalue weighted by Gasteiger charge is 2.15. The number of nitrogens with zero attached hydrogens (tertiary/aromatic N) is 1. The average Bonchev–Trinajstić information content (AvgIpc) is 2.46. The standard InChI is InChI=1S/C14H12ClNO4/c15-12-5-6-14(13(7-12)16(18)19)20-9-11-3-1-10(8-17)2-4-11/h1-7,17H,8-9H2. The molecule has 0 heterocycles. The Kier molecular flexibility index (Phi) is 4.55. The van der Waals surface area contributed by atoms with Crippen LogP contribution in [0, 0.1) is 10.1 Å². The van der Waals surface area contributed by atoms with Crippen molar-refractivity contribution in [3.8, 4) is 5.75 Å². The molecule has 5 nitrogen and oxygen atoms in total. The number of rotatable bonds is 5. The highest BCUT2D eigenvalue weighted by Crippen LogP contribution is 2.30. The van der Waals surface area contributed by atoms with Gasteiger partial charge in [-0.2, -0.15) is 0 Å². The molecule has 0 aliphatic rings. The van der Waals surface area contributed by atoms with E-state index in [0.29, 0.717) is 0 Å². The molecule has 2 rings (SSSR count). The summed E-state index contributed by atoms with van der Waals surface area (Å²) in [5.74, 6) is 0.172. The lowest BCUT2D eigenvalue weighted by molar-refractivity contribution is -0.385. The zero-order valence-corrected chi connectivity index (χ0v) is 11.2. The average molecular weight is 294 g/mol. The predicted octanol–water partition coefficient (Wildman–Crippen LogP) is 3.32. The van der Waals surface area contributed by atoms with E-state index in [9.17, 15) is 10.1 Å². The first-order valence-electron chi connectivity index (χ1n) is 5.85. The van der Waals surface area contributed by atoms with Gasteiger partial charge in [0, 0.05) is 11.1 Å². The lowest BCUT2D eigenvalue weighted by atomic mass is 10.1. The van der Waals surface area contributed by atoms with Gasteiger partial charge in [0.05, 0.1) is 11.5 Å². The Morgan fingerprint density at radius 1 is 1.15 bits per heavy atom. The van der Waals surface area contributed by atoms with Crippen LogP contribution < -0.4 is 4.74 Å². The largest absolute Gasteiger partial charge is 0.482 e. The van der Waals surface area contributed by atoms with Crippen molar-refractivity contribution < 1.29 is 14.8 Å². The number of aliphatic hydroxyl groups is 1. The van der Waals surface area contributed by atoms with Gasteiger partial charge in [0.1, 0.15) is 6.61 Å². The number of nitro groups is 1. The minimum absolute atomic E-state index is 0.0240. The minimum atomic E-state index is -0.532. The zero-order valence-electron chi connectivity index (χ0n) is 10.5. The third-order valence-corrected chi connectivity index (χ3v) is 2.95. The topological polar surface area (TPSA) is 72.6 Å². The van der Waals surface area contributed by atoms with Crippen LogP contribution in [0.3, 0.4) is 0 Å². The lowest BCUT2D eigenvalue weighted by Gasteiger charge is -2.07. The van der Waals surface area contributed by atoms with Crippen molar-refractivity contribution in [2.24, 2.45) is 0 Å². The summed E-state index contributed by atoms with van der Waals surface area (Å²) >= 11 is 5.73. The van der Waals surface area contributed by atoms with E-state index in [1.54, 1.807) is 30.3 Å². The summed E-state index contributed by atoms with van der Waals surface area (Å²) in [4.78, 5) is 10.4. The Morgan fingerprint density at radius 3 is 2.40 bits per heavy atom. The van der Waals surface area contributed by atoms with Crippen molar-refractivity contribution in [2.75, 3.05) is 0 Å². The van der Waals surface area contributed by atoms with Gasteiger partial charge in [-0.3, -0.25) is 10.1 Å². The Morgan fingerprint density at radius 2 is 1.80 bits per heavy atom. The Bertz CT molecular complexity index is 613. The van der Waals surface area contributed by atoms with E-state index in [4.69, 9.17) is 21.4 Å². The molecule has 0 amide bonds. The molecule has 0 radical (unpaired) electrons. The van der Waals surface area contributed by atoms with Crippen molar-refractivity contribution in [3.05, 3.63) is 68.7 Å². The van der Waals surface area contributed by atoms with Gasteiger partial charge in [0.15, 0.2) is 5.75 Å². The Hall–Kier alpha value is -2.11. The maximum Gasteiger partial charge on any atom is 0.312 e. The molecular formula is C14H12ClNO4. The molecule has 0 atom stereocenters. The normalized spacial score (nSPS) is 10.3. The molecule has 2 aromatic carbocycles. The van der Waals surface area contributed by atoms with Crippen molar-refractivity contribution in [2.45, 2.75) is 13.2 Å². The molecule has 104 valence electrons. The van der Waals surface area contributed by atoms with E-state index in [-0.39, 0.29) is 29.7 Å². The number of benzene rings is 2. The smallest absolute Gasteiger partial charge is 0.312 e. The number of halogens is 1. The van der Waals surface area contributed by atoms with Crippen LogP contribution in [-0.4, -0.2) is 10.0 Å². The van der Waals surface area contributed by atoms with E-state index in [2.05, 4.69) is 0 Å². The second kappa shape index (κ2) is 6.36. The van der Waals surface area contributed by atoms with E-state index in [1.807, 2.05) is 0 Å². The first-order valence-corrected chi connectivity index (χ1v) is 6.23. The Labute approximate surface area is 120 Å². The molecule has 0 fully saturated rings. The van der Waals surface area contributed by atoms with E-state index < -0.39 is 4.92 Å². The summed E-state index contributed by atoms with van der Waals surface area (Å²) in [5.41, 5.74) is 1.49. The van der Waals surface area contributed by atoms with Crippen molar-refractivity contribution in [3.63, 3.8) is 0 Å². The van der Waals surface area contributed by atoms with Crippen LogP contribution in [0.15, 0.2) is 42.5 Å². The molecule has 0 saturated heterocycles. The molecular weight excluding hydrogens is 282 g/mol. The number of hydrogen-bond acceptors (Lipinski definition) is 4. The van der Waals surface area contributed by atoms with Crippen molar-refractivity contribution >= 4 is 17.3 Å². The van der Waals surface area contributed by atoms with Gasteiger partial charge in [-0.15, -0.1) is 0 Å². The van der Waals surface area contributed by atoms with Gasteiger partial charge in [0.2, 0.25) is 0 Å². The minimum Gasteiger partial charge on any atom is -0.482 e. The highest BCUT2D eigenvalue weighted by atomic mass is 35.5. The SMILES string of the molecule is O=[N+]([O-])c1cc(Cl)ccc1OCc1ccc(CO)cc1. The summed E-state index contributed by atoms with van der Waals surface area (Å²) in [6, 6.07) is 11.4.